The molecule has 0 saturated carbocycles. The van der Waals surface area contributed by atoms with Crippen LogP contribution in [0.2, 0.25) is 5.02 Å². The van der Waals surface area contributed by atoms with E-state index >= 15 is 0 Å². The molecule has 0 unspecified atom stereocenters. The Bertz CT molecular complexity index is 573. The van der Waals surface area contributed by atoms with Gasteiger partial charge in [-0.05, 0) is 30.0 Å². The van der Waals surface area contributed by atoms with Gasteiger partial charge in [0.05, 0.1) is 17.8 Å². The summed E-state index contributed by atoms with van der Waals surface area (Å²) in [5.74, 6) is 0.461. The quantitative estimate of drug-likeness (QED) is 0.883. The number of methoxy groups -OCH3 is 1. The van der Waals surface area contributed by atoms with E-state index in [1.165, 1.54) is 12.0 Å². The molecule has 0 bridgehead atoms. The molecule has 2 aromatic rings. The molecule has 2 amide bonds. The summed E-state index contributed by atoms with van der Waals surface area (Å²) in [6.45, 7) is 0.579. The fourth-order valence-electron chi connectivity index (χ4n) is 1.74. The molecule has 1 aromatic carbocycles. The normalized spacial score (nSPS) is 10.1. The van der Waals surface area contributed by atoms with Crippen molar-refractivity contribution in [1.82, 2.24) is 5.32 Å². The van der Waals surface area contributed by atoms with Crippen molar-refractivity contribution in [3.8, 4) is 5.75 Å². The highest BCUT2D eigenvalue weighted by atomic mass is 35.5. The predicted octanol–water partition coefficient (Wildman–Crippen LogP) is 3.77. The molecule has 0 aliphatic rings. The van der Waals surface area contributed by atoms with E-state index in [0.717, 1.165) is 6.42 Å². The van der Waals surface area contributed by atoms with E-state index in [-0.39, 0.29) is 6.03 Å². The van der Waals surface area contributed by atoms with Crippen molar-refractivity contribution >= 4 is 34.7 Å². The van der Waals surface area contributed by atoms with Gasteiger partial charge in [0, 0.05) is 11.4 Å². The molecule has 20 heavy (non-hydrogen) atoms. The second-order valence-corrected chi connectivity index (χ2v) is 5.47. The third kappa shape index (κ3) is 3.88. The van der Waals surface area contributed by atoms with Crippen molar-refractivity contribution in [2.75, 3.05) is 19.0 Å². The SMILES string of the molecule is COc1c(Cl)cccc1NC(=O)NCCc1cccs1. The van der Waals surface area contributed by atoms with E-state index in [9.17, 15) is 4.79 Å². The minimum Gasteiger partial charge on any atom is -0.493 e. The number of carbonyl (C=O) groups excluding carboxylic acids is 1. The van der Waals surface area contributed by atoms with E-state index < -0.39 is 0 Å². The molecular formula is C14H15ClN2O2S. The molecule has 4 nitrogen and oxygen atoms in total. The van der Waals surface area contributed by atoms with Gasteiger partial charge < -0.3 is 15.4 Å². The van der Waals surface area contributed by atoms with E-state index in [4.69, 9.17) is 16.3 Å². The maximum Gasteiger partial charge on any atom is 0.319 e. The molecule has 0 radical (unpaired) electrons. The summed E-state index contributed by atoms with van der Waals surface area (Å²) in [5, 5.41) is 8.01. The van der Waals surface area contributed by atoms with Crippen LogP contribution in [-0.2, 0) is 6.42 Å². The van der Waals surface area contributed by atoms with Crippen LogP contribution in [0.25, 0.3) is 0 Å². The van der Waals surface area contributed by atoms with Crippen LogP contribution in [0.3, 0.4) is 0 Å². The highest BCUT2D eigenvalue weighted by molar-refractivity contribution is 7.09. The van der Waals surface area contributed by atoms with Gasteiger partial charge in [0.25, 0.3) is 0 Å². The van der Waals surface area contributed by atoms with E-state index in [0.29, 0.717) is 23.0 Å². The number of amides is 2. The molecule has 1 heterocycles. The number of nitrogens with one attached hydrogen (secondary N) is 2. The highest BCUT2D eigenvalue weighted by Crippen LogP contribution is 2.32. The number of halogens is 1. The highest BCUT2D eigenvalue weighted by Gasteiger charge is 2.09. The summed E-state index contributed by atoms with van der Waals surface area (Å²) in [6.07, 6.45) is 0.817. The minimum atomic E-state index is -0.276. The topological polar surface area (TPSA) is 50.4 Å². The van der Waals surface area contributed by atoms with Gasteiger partial charge in [-0.3, -0.25) is 0 Å². The Hall–Kier alpha value is -1.72. The Morgan fingerprint density at radius 1 is 1.35 bits per heavy atom. The molecule has 1 aromatic heterocycles. The fraction of sp³-hybridized carbons (Fsp3) is 0.214. The molecule has 0 saturated heterocycles. The third-order valence-corrected chi connectivity index (χ3v) is 3.89. The zero-order valence-electron chi connectivity index (χ0n) is 11.0. The van der Waals surface area contributed by atoms with Gasteiger partial charge in [-0.25, -0.2) is 4.79 Å². The summed E-state index contributed by atoms with van der Waals surface area (Å²) in [7, 11) is 1.51. The first-order valence-electron chi connectivity index (χ1n) is 6.10. The lowest BCUT2D eigenvalue weighted by Crippen LogP contribution is -2.30. The van der Waals surface area contributed by atoms with E-state index in [1.807, 2.05) is 17.5 Å². The smallest absolute Gasteiger partial charge is 0.319 e. The summed E-state index contributed by atoms with van der Waals surface area (Å²) in [5.41, 5.74) is 0.550. The van der Waals surface area contributed by atoms with Crippen molar-refractivity contribution in [1.29, 1.82) is 0 Å². The molecule has 6 heteroatoms. The molecule has 0 aliphatic heterocycles. The second-order valence-electron chi connectivity index (χ2n) is 4.03. The first-order chi connectivity index (χ1) is 9.70. The minimum absolute atomic E-state index is 0.276. The number of carbonyl (C=O) groups is 1. The molecule has 106 valence electrons. The zero-order chi connectivity index (χ0) is 14.4. The lowest BCUT2D eigenvalue weighted by atomic mass is 10.3. The van der Waals surface area contributed by atoms with Crippen LogP contribution in [0.1, 0.15) is 4.88 Å². The Labute approximate surface area is 126 Å². The van der Waals surface area contributed by atoms with Crippen LogP contribution in [-0.4, -0.2) is 19.7 Å². The molecule has 0 aliphatic carbocycles. The van der Waals surface area contributed by atoms with Crippen LogP contribution < -0.4 is 15.4 Å². The van der Waals surface area contributed by atoms with Gasteiger partial charge >= 0.3 is 6.03 Å². The molecule has 0 atom stereocenters. The van der Waals surface area contributed by atoms with Crippen LogP contribution in [0.15, 0.2) is 35.7 Å². The first-order valence-corrected chi connectivity index (χ1v) is 7.36. The van der Waals surface area contributed by atoms with Crippen molar-refractivity contribution in [2.45, 2.75) is 6.42 Å². The fourth-order valence-corrected chi connectivity index (χ4v) is 2.70. The first kappa shape index (κ1) is 14.7. The standard InChI is InChI=1S/C14H15ClN2O2S/c1-19-13-11(15)5-2-6-12(13)17-14(18)16-8-7-10-4-3-9-20-10/h2-6,9H,7-8H2,1H3,(H2,16,17,18). The van der Waals surface area contributed by atoms with Gasteiger partial charge in [0.1, 0.15) is 0 Å². The summed E-state index contributed by atoms with van der Waals surface area (Å²) >= 11 is 7.67. The van der Waals surface area contributed by atoms with Crippen LogP contribution in [0.4, 0.5) is 10.5 Å². The molecular weight excluding hydrogens is 296 g/mol. The summed E-state index contributed by atoms with van der Waals surface area (Å²) < 4.78 is 5.17. The lowest BCUT2D eigenvalue weighted by molar-refractivity contribution is 0.252. The van der Waals surface area contributed by atoms with Crippen molar-refractivity contribution < 1.29 is 9.53 Å². The second kappa shape index (κ2) is 7.17. The summed E-state index contributed by atoms with van der Waals surface area (Å²) in [6, 6.07) is 8.97. The van der Waals surface area contributed by atoms with E-state index in [2.05, 4.69) is 10.6 Å². The summed E-state index contributed by atoms with van der Waals surface area (Å²) in [4.78, 5) is 13.0. The van der Waals surface area contributed by atoms with Crippen molar-refractivity contribution in [3.63, 3.8) is 0 Å². The van der Waals surface area contributed by atoms with Gasteiger partial charge in [-0.1, -0.05) is 23.7 Å². The predicted molar refractivity (Wildman–Crippen MR) is 83.0 cm³/mol. The number of thiophene rings is 1. The molecule has 2 N–H and O–H groups in total. The van der Waals surface area contributed by atoms with Crippen LogP contribution in [0.5, 0.6) is 5.75 Å². The Morgan fingerprint density at radius 3 is 2.90 bits per heavy atom. The van der Waals surface area contributed by atoms with Crippen molar-refractivity contribution in [2.24, 2.45) is 0 Å². The van der Waals surface area contributed by atoms with Gasteiger partial charge in [-0.2, -0.15) is 0 Å². The lowest BCUT2D eigenvalue weighted by Gasteiger charge is -2.12. The average Bonchev–Trinajstić information content (AvgIpc) is 2.92. The number of para-hydroxylation sites is 1. The van der Waals surface area contributed by atoms with Crippen molar-refractivity contribution in [3.05, 3.63) is 45.6 Å². The van der Waals surface area contributed by atoms with Gasteiger partial charge in [-0.15, -0.1) is 11.3 Å². The van der Waals surface area contributed by atoms with Gasteiger partial charge in [0.2, 0.25) is 0 Å². The number of rotatable bonds is 5. The van der Waals surface area contributed by atoms with Crippen LogP contribution in [0, 0.1) is 0 Å². The number of urea groups is 1. The Morgan fingerprint density at radius 2 is 2.20 bits per heavy atom. The monoisotopic (exact) mass is 310 g/mol. The maximum absolute atomic E-state index is 11.8. The third-order valence-electron chi connectivity index (χ3n) is 2.66. The maximum atomic E-state index is 11.8. The molecule has 0 spiro atoms. The van der Waals surface area contributed by atoms with E-state index in [1.54, 1.807) is 29.5 Å². The molecule has 2 rings (SSSR count). The number of hydrogen-bond acceptors (Lipinski definition) is 3. The van der Waals surface area contributed by atoms with Crippen LogP contribution >= 0.6 is 22.9 Å². The number of benzene rings is 1. The number of ether oxygens (including phenoxy) is 1. The van der Waals surface area contributed by atoms with Gasteiger partial charge in [0.15, 0.2) is 5.75 Å². The number of hydrogen-bond donors (Lipinski definition) is 2. The largest absolute Gasteiger partial charge is 0.493 e. The average molecular weight is 311 g/mol. The Kier molecular flexibility index (Phi) is 5.26. The zero-order valence-corrected chi connectivity index (χ0v) is 12.6. The Balaban J connectivity index is 1.87. The molecule has 0 fully saturated rings. The number of anilines is 1.